The molecule has 136 valence electrons. The van der Waals surface area contributed by atoms with Crippen LogP contribution in [0.5, 0.6) is 0 Å². The first kappa shape index (κ1) is 20.7. The number of guanidine groups is 1. The smallest absolute Gasteiger partial charge is 0.223 e. The molecule has 0 spiro atoms. The summed E-state index contributed by atoms with van der Waals surface area (Å²) in [5, 5.41) is 13.4. The molecule has 8 nitrogen and oxygen atoms in total. The zero-order valence-electron chi connectivity index (χ0n) is 14.4. The lowest BCUT2D eigenvalue weighted by molar-refractivity contribution is -0.125. The predicted molar refractivity (Wildman–Crippen MR) is 104 cm³/mol. The molecule has 0 saturated heterocycles. The van der Waals surface area contributed by atoms with Crippen molar-refractivity contribution in [2.24, 2.45) is 18.0 Å². The number of rotatable bonds is 6. The van der Waals surface area contributed by atoms with Crippen LogP contribution in [0.4, 0.5) is 0 Å². The van der Waals surface area contributed by atoms with Gasteiger partial charge in [0.25, 0.3) is 0 Å². The first-order chi connectivity index (χ1) is 11.2. The standard InChI is InChI=1S/C15H27N7O.HI/c1-16-15(19-10-13-20-11-21-22(13)2)18-9-8-17-14(23)12-6-4-3-5-7-12;/h11-12H,3-10H2,1-2H3,(H,17,23)(H2,16,18,19);1H. The number of halogens is 1. The van der Waals surface area contributed by atoms with Crippen molar-refractivity contribution in [3.8, 4) is 0 Å². The van der Waals surface area contributed by atoms with Gasteiger partial charge < -0.3 is 16.0 Å². The van der Waals surface area contributed by atoms with Gasteiger partial charge in [-0.15, -0.1) is 24.0 Å². The van der Waals surface area contributed by atoms with Gasteiger partial charge in [0.15, 0.2) is 5.96 Å². The highest BCUT2D eigenvalue weighted by Crippen LogP contribution is 2.23. The third-order valence-electron chi connectivity index (χ3n) is 4.14. The summed E-state index contributed by atoms with van der Waals surface area (Å²) in [4.78, 5) is 20.3. The van der Waals surface area contributed by atoms with Gasteiger partial charge in [-0.05, 0) is 12.8 Å². The van der Waals surface area contributed by atoms with Gasteiger partial charge in [-0.1, -0.05) is 19.3 Å². The summed E-state index contributed by atoms with van der Waals surface area (Å²) in [6.07, 6.45) is 7.19. The highest BCUT2D eigenvalue weighted by Gasteiger charge is 2.20. The van der Waals surface area contributed by atoms with Crippen LogP contribution in [0.1, 0.15) is 37.9 Å². The van der Waals surface area contributed by atoms with Crippen molar-refractivity contribution in [1.29, 1.82) is 0 Å². The van der Waals surface area contributed by atoms with E-state index in [4.69, 9.17) is 0 Å². The molecular weight excluding hydrogens is 421 g/mol. The molecule has 1 fully saturated rings. The van der Waals surface area contributed by atoms with Crippen molar-refractivity contribution < 1.29 is 4.79 Å². The quantitative estimate of drug-likeness (QED) is 0.259. The van der Waals surface area contributed by atoms with Crippen molar-refractivity contribution in [1.82, 2.24) is 30.7 Å². The van der Waals surface area contributed by atoms with Crippen LogP contribution in [0.25, 0.3) is 0 Å². The average Bonchev–Trinajstić information content (AvgIpc) is 3.00. The van der Waals surface area contributed by atoms with Gasteiger partial charge in [0.2, 0.25) is 5.91 Å². The number of amides is 1. The second-order valence-corrected chi connectivity index (χ2v) is 5.78. The first-order valence-corrected chi connectivity index (χ1v) is 8.26. The number of hydrogen-bond acceptors (Lipinski definition) is 4. The molecule has 2 rings (SSSR count). The van der Waals surface area contributed by atoms with Crippen LogP contribution >= 0.6 is 24.0 Å². The zero-order chi connectivity index (χ0) is 16.5. The molecule has 0 atom stereocenters. The average molecular weight is 449 g/mol. The Morgan fingerprint density at radius 2 is 1.96 bits per heavy atom. The summed E-state index contributed by atoms with van der Waals surface area (Å²) >= 11 is 0. The van der Waals surface area contributed by atoms with E-state index in [-0.39, 0.29) is 35.8 Å². The molecule has 0 aliphatic heterocycles. The molecule has 1 saturated carbocycles. The Kier molecular flexibility index (Phi) is 9.65. The summed E-state index contributed by atoms with van der Waals surface area (Å²) in [6.45, 7) is 1.78. The van der Waals surface area contributed by atoms with E-state index in [2.05, 4.69) is 31.0 Å². The Morgan fingerprint density at radius 3 is 2.58 bits per heavy atom. The van der Waals surface area contributed by atoms with E-state index in [0.29, 0.717) is 25.6 Å². The van der Waals surface area contributed by atoms with Gasteiger partial charge in [-0.3, -0.25) is 14.5 Å². The largest absolute Gasteiger partial charge is 0.355 e. The molecular formula is C15H28IN7O. The number of aromatic nitrogens is 3. The molecule has 3 N–H and O–H groups in total. The molecule has 1 amide bonds. The number of carbonyl (C=O) groups excluding carboxylic acids is 1. The van der Waals surface area contributed by atoms with Gasteiger partial charge in [0.1, 0.15) is 12.2 Å². The van der Waals surface area contributed by atoms with Crippen LogP contribution in [0, 0.1) is 5.92 Å². The molecule has 0 radical (unpaired) electrons. The molecule has 1 aliphatic carbocycles. The van der Waals surface area contributed by atoms with Gasteiger partial charge >= 0.3 is 0 Å². The van der Waals surface area contributed by atoms with Crippen molar-refractivity contribution in [2.45, 2.75) is 38.6 Å². The molecule has 1 aromatic rings. The first-order valence-electron chi connectivity index (χ1n) is 8.26. The maximum Gasteiger partial charge on any atom is 0.223 e. The zero-order valence-corrected chi connectivity index (χ0v) is 16.7. The van der Waals surface area contributed by atoms with Crippen LogP contribution < -0.4 is 16.0 Å². The lowest BCUT2D eigenvalue weighted by atomic mass is 9.89. The number of carbonyl (C=O) groups is 1. The SMILES string of the molecule is CN=C(NCCNC(=O)C1CCCCC1)NCc1ncnn1C.I. The molecule has 24 heavy (non-hydrogen) atoms. The predicted octanol–water partition coefficient (Wildman–Crippen LogP) is 0.795. The fraction of sp³-hybridized carbons (Fsp3) is 0.733. The fourth-order valence-corrected chi connectivity index (χ4v) is 2.74. The van der Waals surface area contributed by atoms with Crippen molar-refractivity contribution in [3.63, 3.8) is 0 Å². The summed E-state index contributed by atoms with van der Waals surface area (Å²) in [7, 11) is 3.56. The summed E-state index contributed by atoms with van der Waals surface area (Å²) < 4.78 is 1.71. The van der Waals surface area contributed by atoms with Gasteiger partial charge in [-0.25, -0.2) is 4.98 Å². The number of nitrogens with one attached hydrogen (secondary N) is 3. The van der Waals surface area contributed by atoms with Crippen LogP contribution in [-0.4, -0.2) is 46.8 Å². The number of aliphatic imine (C=N–C) groups is 1. The van der Waals surface area contributed by atoms with Crippen molar-refractivity contribution in [3.05, 3.63) is 12.2 Å². The fourth-order valence-electron chi connectivity index (χ4n) is 2.74. The second-order valence-electron chi connectivity index (χ2n) is 5.78. The van der Waals surface area contributed by atoms with Gasteiger partial charge in [-0.2, -0.15) is 5.10 Å². The Labute approximate surface area is 160 Å². The van der Waals surface area contributed by atoms with Crippen molar-refractivity contribution in [2.75, 3.05) is 20.1 Å². The minimum absolute atomic E-state index is 0. The highest BCUT2D eigenvalue weighted by molar-refractivity contribution is 14.0. The highest BCUT2D eigenvalue weighted by atomic mass is 127. The maximum atomic E-state index is 12.0. The maximum absolute atomic E-state index is 12.0. The van der Waals surface area contributed by atoms with E-state index in [1.807, 2.05) is 7.05 Å². The number of aryl methyl sites for hydroxylation is 1. The van der Waals surface area contributed by atoms with Crippen LogP contribution in [0.3, 0.4) is 0 Å². The summed E-state index contributed by atoms with van der Waals surface area (Å²) in [6, 6.07) is 0. The molecule has 1 aromatic heterocycles. The Morgan fingerprint density at radius 1 is 1.25 bits per heavy atom. The lowest BCUT2D eigenvalue weighted by Crippen LogP contribution is -2.42. The molecule has 9 heteroatoms. The van der Waals surface area contributed by atoms with E-state index in [1.165, 1.54) is 25.6 Å². The lowest BCUT2D eigenvalue weighted by Gasteiger charge is -2.20. The van der Waals surface area contributed by atoms with Crippen molar-refractivity contribution >= 4 is 35.8 Å². The van der Waals surface area contributed by atoms with Crippen LogP contribution in [0.2, 0.25) is 0 Å². The Bertz CT molecular complexity index is 526. The topological polar surface area (TPSA) is 96.2 Å². The minimum atomic E-state index is 0. The molecule has 1 aliphatic rings. The third kappa shape index (κ3) is 6.62. The van der Waals surface area contributed by atoms with E-state index in [1.54, 1.807) is 11.7 Å². The van der Waals surface area contributed by atoms with Crippen LogP contribution in [0.15, 0.2) is 11.3 Å². The molecule has 0 aromatic carbocycles. The number of nitrogens with zero attached hydrogens (tertiary/aromatic N) is 4. The summed E-state index contributed by atoms with van der Waals surface area (Å²) in [5.41, 5.74) is 0. The Balaban J connectivity index is 0.00000288. The van der Waals surface area contributed by atoms with E-state index < -0.39 is 0 Å². The number of hydrogen-bond donors (Lipinski definition) is 3. The van der Waals surface area contributed by atoms with E-state index in [9.17, 15) is 4.79 Å². The second kappa shape index (κ2) is 11.2. The van der Waals surface area contributed by atoms with Gasteiger partial charge in [0, 0.05) is 33.1 Å². The van der Waals surface area contributed by atoms with E-state index in [0.717, 1.165) is 18.7 Å². The molecule has 1 heterocycles. The van der Waals surface area contributed by atoms with E-state index >= 15 is 0 Å². The van der Waals surface area contributed by atoms with Gasteiger partial charge in [0.05, 0.1) is 6.54 Å². The molecule has 0 unspecified atom stereocenters. The van der Waals surface area contributed by atoms with Crippen LogP contribution in [-0.2, 0) is 18.4 Å². The summed E-state index contributed by atoms with van der Waals surface area (Å²) in [5.74, 6) is 1.91. The normalized spacial score (nSPS) is 15.5. The Hall–Kier alpha value is -1.39. The third-order valence-corrected chi connectivity index (χ3v) is 4.14. The molecule has 0 bridgehead atoms. The minimum Gasteiger partial charge on any atom is -0.355 e. The monoisotopic (exact) mass is 449 g/mol.